The largest absolute Gasteiger partial charge is 0.493 e. The van der Waals surface area contributed by atoms with Gasteiger partial charge in [-0.15, -0.1) is 0 Å². The molecule has 0 spiro atoms. The number of nitrogens with zero attached hydrogens (tertiary/aromatic N) is 3. The SMILES string of the molecule is COc1cc(/C=C(\C#N)c2nc3ccccc3n2Cc2ccc(Cl)cc2Cl)cc(Br)c1OCc1ccccc1. The average Bonchev–Trinajstić information content (AvgIpc) is 3.31. The van der Waals surface area contributed by atoms with Crippen LogP contribution in [0.3, 0.4) is 0 Å². The molecular weight excluding hydrogens is 597 g/mol. The summed E-state index contributed by atoms with van der Waals surface area (Å²) in [4.78, 5) is 4.80. The van der Waals surface area contributed by atoms with Gasteiger partial charge in [-0.25, -0.2) is 4.98 Å². The highest BCUT2D eigenvalue weighted by Gasteiger charge is 2.18. The Kier molecular flexibility index (Phi) is 8.23. The number of ether oxygens (including phenoxy) is 2. The van der Waals surface area contributed by atoms with Crippen LogP contribution in [0.2, 0.25) is 10.0 Å². The van der Waals surface area contributed by atoms with Gasteiger partial charge in [0.15, 0.2) is 17.3 Å². The summed E-state index contributed by atoms with van der Waals surface area (Å²) in [6.07, 6.45) is 1.79. The molecular formula is C31H22BrCl2N3O2. The molecule has 0 bridgehead atoms. The second kappa shape index (κ2) is 12.0. The van der Waals surface area contributed by atoms with Crippen molar-refractivity contribution in [2.75, 3.05) is 7.11 Å². The number of hydrogen-bond acceptors (Lipinski definition) is 4. The molecule has 1 aromatic heterocycles. The summed E-state index contributed by atoms with van der Waals surface area (Å²) in [5, 5.41) is 11.3. The van der Waals surface area contributed by atoms with Crippen LogP contribution in [0.25, 0.3) is 22.7 Å². The molecule has 0 aliphatic carbocycles. The lowest BCUT2D eigenvalue weighted by Gasteiger charge is -2.14. The lowest BCUT2D eigenvalue weighted by molar-refractivity contribution is 0.282. The van der Waals surface area contributed by atoms with Crippen LogP contribution in [-0.2, 0) is 13.2 Å². The molecule has 0 radical (unpaired) electrons. The molecule has 0 aliphatic heterocycles. The molecule has 4 aromatic carbocycles. The van der Waals surface area contributed by atoms with E-state index in [1.807, 2.05) is 77.4 Å². The Morgan fingerprint density at radius 2 is 1.79 bits per heavy atom. The third kappa shape index (κ3) is 5.97. The number of halogens is 3. The fraction of sp³-hybridized carbons (Fsp3) is 0.0968. The van der Waals surface area contributed by atoms with Gasteiger partial charge in [0.05, 0.1) is 34.7 Å². The summed E-state index contributed by atoms with van der Waals surface area (Å²) in [5.74, 6) is 1.66. The average molecular weight is 619 g/mol. The van der Waals surface area contributed by atoms with E-state index in [-0.39, 0.29) is 0 Å². The Morgan fingerprint density at radius 1 is 1.03 bits per heavy atom. The standard InChI is InChI=1S/C31H22BrCl2N3O2/c1-38-29-15-21(14-25(32)30(29)39-19-20-7-3-2-4-8-20)13-23(17-35)31-36-27-9-5-6-10-28(27)37(31)18-22-11-12-24(33)16-26(22)34/h2-16H,18-19H2,1H3/b23-13+. The van der Waals surface area contributed by atoms with Gasteiger partial charge < -0.3 is 14.0 Å². The third-order valence-corrected chi connectivity index (χ3v) is 7.32. The van der Waals surface area contributed by atoms with E-state index < -0.39 is 0 Å². The van der Waals surface area contributed by atoms with E-state index in [0.717, 1.165) is 27.7 Å². The van der Waals surface area contributed by atoms with Gasteiger partial charge in [0.1, 0.15) is 12.7 Å². The zero-order valence-electron chi connectivity index (χ0n) is 20.9. The quantitative estimate of drug-likeness (QED) is 0.163. The van der Waals surface area contributed by atoms with Gasteiger partial charge in [-0.1, -0.05) is 71.7 Å². The minimum Gasteiger partial charge on any atom is -0.493 e. The number of benzene rings is 4. The Bertz CT molecular complexity index is 1730. The lowest BCUT2D eigenvalue weighted by Crippen LogP contribution is -2.05. The number of allylic oxidation sites excluding steroid dienone is 1. The van der Waals surface area contributed by atoms with Gasteiger partial charge in [-0.2, -0.15) is 5.26 Å². The Morgan fingerprint density at radius 3 is 2.54 bits per heavy atom. The number of imidazole rings is 1. The zero-order chi connectivity index (χ0) is 27.4. The number of aromatic nitrogens is 2. The molecule has 0 unspecified atom stereocenters. The molecule has 0 atom stereocenters. The number of fused-ring (bicyclic) bond motifs is 1. The van der Waals surface area contributed by atoms with Crippen LogP contribution < -0.4 is 9.47 Å². The van der Waals surface area contributed by atoms with Crippen molar-refractivity contribution in [1.82, 2.24) is 9.55 Å². The van der Waals surface area contributed by atoms with Gasteiger partial charge in [0.25, 0.3) is 0 Å². The summed E-state index contributed by atoms with van der Waals surface area (Å²) in [5.41, 5.74) is 4.73. The predicted molar refractivity (Wildman–Crippen MR) is 160 cm³/mol. The first-order valence-corrected chi connectivity index (χ1v) is 13.6. The molecule has 8 heteroatoms. The highest BCUT2D eigenvalue weighted by atomic mass is 79.9. The molecule has 0 saturated heterocycles. The number of rotatable bonds is 8. The monoisotopic (exact) mass is 617 g/mol. The molecule has 0 N–H and O–H groups in total. The number of hydrogen-bond donors (Lipinski definition) is 0. The third-order valence-electron chi connectivity index (χ3n) is 6.15. The maximum atomic E-state index is 10.2. The molecule has 0 fully saturated rings. The van der Waals surface area contributed by atoms with Gasteiger partial charge >= 0.3 is 0 Å². The second-order valence-electron chi connectivity index (χ2n) is 8.72. The van der Waals surface area contributed by atoms with Crippen LogP contribution >= 0.6 is 39.1 Å². The Balaban J connectivity index is 1.54. The van der Waals surface area contributed by atoms with Crippen LogP contribution in [0.5, 0.6) is 11.5 Å². The van der Waals surface area contributed by atoms with Crippen molar-refractivity contribution in [2.45, 2.75) is 13.2 Å². The fourth-order valence-electron chi connectivity index (χ4n) is 4.27. The molecule has 1 heterocycles. The van der Waals surface area contributed by atoms with E-state index in [2.05, 4.69) is 22.0 Å². The minimum absolute atomic E-state index is 0.392. The minimum atomic E-state index is 0.392. The van der Waals surface area contributed by atoms with Crippen LogP contribution in [0.1, 0.15) is 22.5 Å². The van der Waals surface area contributed by atoms with E-state index >= 15 is 0 Å². The van der Waals surface area contributed by atoms with Crippen LogP contribution in [0.15, 0.2) is 89.4 Å². The molecule has 5 aromatic rings. The Hall–Kier alpha value is -3.76. The van der Waals surface area contributed by atoms with Crippen molar-refractivity contribution in [3.05, 3.63) is 122 Å². The van der Waals surface area contributed by atoms with E-state index in [0.29, 0.717) is 50.6 Å². The first-order valence-electron chi connectivity index (χ1n) is 12.0. The maximum absolute atomic E-state index is 10.2. The van der Waals surface area contributed by atoms with E-state index in [9.17, 15) is 5.26 Å². The summed E-state index contributed by atoms with van der Waals surface area (Å²) in [6, 6.07) is 29.1. The Labute approximate surface area is 245 Å². The molecule has 0 aliphatic rings. The fourth-order valence-corrected chi connectivity index (χ4v) is 5.31. The van der Waals surface area contributed by atoms with Crippen molar-refractivity contribution in [1.29, 1.82) is 5.26 Å². The number of para-hydroxylation sites is 2. The van der Waals surface area contributed by atoms with Crippen LogP contribution in [-0.4, -0.2) is 16.7 Å². The summed E-state index contributed by atoms with van der Waals surface area (Å²) >= 11 is 16.2. The molecule has 0 amide bonds. The van der Waals surface area contributed by atoms with Crippen molar-refractivity contribution in [2.24, 2.45) is 0 Å². The van der Waals surface area contributed by atoms with Crippen LogP contribution in [0, 0.1) is 11.3 Å². The van der Waals surface area contributed by atoms with E-state index in [4.69, 9.17) is 37.7 Å². The maximum Gasteiger partial charge on any atom is 0.175 e. The van der Waals surface area contributed by atoms with Gasteiger partial charge in [-0.05, 0) is 75.1 Å². The first-order chi connectivity index (χ1) is 19.0. The van der Waals surface area contributed by atoms with Crippen molar-refractivity contribution in [3.8, 4) is 17.6 Å². The van der Waals surface area contributed by atoms with E-state index in [1.165, 1.54) is 0 Å². The predicted octanol–water partition coefficient (Wildman–Crippen LogP) is 8.81. The van der Waals surface area contributed by atoms with Crippen molar-refractivity contribution >= 4 is 61.8 Å². The molecule has 39 heavy (non-hydrogen) atoms. The molecule has 0 saturated carbocycles. The lowest BCUT2D eigenvalue weighted by atomic mass is 10.1. The van der Waals surface area contributed by atoms with Crippen LogP contribution in [0.4, 0.5) is 0 Å². The summed E-state index contributed by atoms with van der Waals surface area (Å²) in [7, 11) is 1.59. The van der Waals surface area contributed by atoms with E-state index in [1.54, 1.807) is 25.3 Å². The van der Waals surface area contributed by atoms with Gasteiger partial charge in [0, 0.05) is 10.0 Å². The molecule has 194 valence electrons. The van der Waals surface area contributed by atoms with Gasteiger partial charge in [0.2, 0.25) is 0 Å². The number of methoxy groups -OCH3 is 1. The second-order valence-corrected chi connectivity index (χ2v) is 10.4. The smallest absolute Gasteiger partial charge is 0.175 e. The van der Waals surface area contributed by atoms with Gasteiger partial charge in [-0.3, -0.25) is 0 Å². The van der Waals surface area contributed by atoms with Crippen molar-refractivity contribution < 1.29 is 9.47 Å². The highest BCUT2D eigenvalue weighted by molar-refractivity contribution is 9.10. The molecule has 5 rings (SSSR count). The normalized spacial score (nSPS) is 11.4. The van der Waals surface area contributed by atoms with Crippen molar-refractivity contribution in [3.63, 3.8) is 0 Å². The zero-order valence-corrected chi connectivity index (χ0v) is 24.0. The first kappa shape index (κ1) is 26.8. The summed E-state index contributed by atoms with van der Waals surface area (Å²) < 4.78 is 14.4. The number of nitriles is 1. The highest BCUT2D eigenvalue weighted by Crippen LogP contribution is 2.38. The summed E-state index contributed by atoms with van der Waals surface area (Å²) in [6.45, 7) is 0.815. The topological polar surface area (TPSA) is 60.1 Å². The molecule has 5 nitrogen and oxygen atoms in total.